The molecule has 1 aromatic rings. The second-order valence-electron chi connectivity index (χ2n) is 6.10. The fourth-order valence-electron chi connectivity index (χ4n) is 3.07. The van der Waals surface area contributed by atoms with Gasteiger partial charge in [0.25, 0.3) is 5.91 Å². The Balaban J connectivity index is 1.85. The minimum atomic E-state index is -0.510. The first-order valence-electron chi connectivity index (χ1n) is 8.30. The van der Waals surface area contributed by atoms with Crippen LogP contribution in [0.4, 0.5) is 4.79 Å². The van der Waals surface area contributed by atoms with E-state index in [2.05, 4.69) is 15.6 Å². The highest BCUT2D eigenvalue weighted by molar-refractivity contribution is 6.04. The molecule has 0 radical (unpaired) electrons. The Kier molecular flexibility index (Phi) is 5.18. The monoisotopic (exact) mass is 345 g/mol. The van der Waals surface area contributed by atoms with E-state index in [1.54, 1.807) is 14.2 Å². The van der Waals surface area contributed by atoms with Crippen LogP contribution >= 0.6 is 0 Å². The van der Waals surface area contributed by atoms with Crippen LogP contribution in [0.2, 0.25) is 0 Å². The summed E-state index contributed by atoms with van der Waals surface area (Å²) < 4.78 is 5.05. The lowest BCUT2D eigenvalue weighted by molar-refractivity contribution is -0.127. The van der Waals surface area contributed by atoms with E-state index in [1.165, 1.54) is 4.90 Å². The van der Waals surface area contributed by atoms with Crippen LogP contribution in [-0.2, 0) is 16.1 Å². The Morgan fingerprint density at radius 3 is 2.72 bits per heavy atom. The Morgan fingerprint density at radius 1 is 1.24 bits per heavy atom. The molecule has 2 N–H and O–H groups in total. The second kappa shape index (κ2) is 7.52. The molecule has 2 aliphatic rings. The summed E-state index contributed by atoms with van der Waals surface area (Å²) in [5, 5.41) is 5.63. The third-order valence-corrected chi connectivity index (χ3v) is 4.38. The van der Waals surface area contributed by atoms with Gasteiger partial charge in [0.1, 0.15) is 6.17 Å². The predicted octanol–water partition coefficient (Wildman–Crippen LogP) is 0.361. The summed E-state index contributed by atoms with van der Waals surface area (Å²) in [6.07, 6.45) is 0.364. The number of rotatable bonds is 6. The minimum absolute atomic E-state index is 0.307. The molecule has 2 atom stereocenters. The summed E-state index contributed by atoms with van der Waals surface area (Å²) in [5.74, 6) is 0.324. The number of nitrogens with one attached hydrogen (secondary N) is 2. The van der Waals surface area contributed by atoms with Crippen molar-refractivity contribution in [3.8, 4) is 0 Å². The van der Waals surface area contributed by atoms with Crippen LogP contribution in [-0.4, -0.2) is 67.2 Å². The number of imide groups is 1. The van der Waals surface area contributed by atoms with Gasteiger partial charge in [-0.15, -0.1) is 0 Å². The predicted molar refractivity (Wildman–Crippen MR) is 92.8 cm³/mol. The maximum absolute atomic E-state index is 12.4. The number of carbonyl (C=O) groups is 2. The van der Waals surface area contributed by atoms with Gasteiger partial charge in [-0.05, 0) is 12.0 Å². The van der Waals surface area contributed by atoms with Crippen molar-refractivity contribution in [2.45, 2.75) is 25.2 Å². The van der Waals surface area contributed by atoms with E-state index < -0.39 is 18.2 Å². The molecule has 0 spiro atoms. The third kappa shape index (κ3) is 3.58. The number of nitrogens with zero attached hydrogens (tertiary/aromatic N) is 3. The molecular weight excluding hydrogens is 322 g/mol. The van der Waals surface area contributed by atoms with Crippen LogP contribution in [0.25, 0.3) is 0 Å². The largest absolute Gasteiger partial charge is 0.385 e. The first-order valence-corrected chi connectivity index (χ1v) is 8.30. The van der Waals surface area contributed by atoms with E-state index >= 15 is 0 Å². The van der Waals surface area contributed by atoms with E-state index in [0.29, 0.717) is 25.7 Å². The van der Waals surface area contributed by atoms with Crippen LogP contribution in [0.1, 0.15) is 12.0 Å². The SMILES string of the molecule is COCCCN=C1NC2C(C(=O)NC(=O)N2C)N1Cc1ccccc1. The molecule has 2 aliphatic heterocycles. The number of guanidine groups is 1. The Morgan fingerprint density at radius 2 is 2.00 bits per heavy atom. The molecule has 25 heavy (non-hydrogen) atoms. The average Bonchev–Trinajstić information content (AvgIpc) is 2.97. The van der Waals surface area contributed by atoms with Crippen molar-refractivity contribution < 1.29 is 14.3 Å². The van der Waals surface area contributed by atoms with E-state index in [0.717, 1.165) is 12.0 Å². The van der Waals surface area contributed by atoms with E-state index in [4.69, 9.17) is 4.74 Å². The number of hydrogen-bond donors (Lipinski definition) is 2. The van der Waals surface area contributed by atoms with E-state index in [1.807, 2.05) is 35.2 Å². The molecule has 2 unspecified atom stereocenters. The second-order valence-corrected chi connectivity index (χ2v) is 6.10. The maximum atomic E-state index is 12.4. The van der Waals surface area contributed by atoms with Gasteiger partial charge < -0.3 is 19.9 Å². The van der Waals surface area contributed by atoms with Gasteiger partial charge in [-0.3, -0.25) is 15.1 Å². The molecule has 134 valence electrons. The number of ether oxygens (including phenoxy) is 1. The molecule has 2 fully saturated rings. The van der Waals surface area contributed by atoms with Gasteiger partial charge in [-0.25, -0.2) is 4.79 Å². The standard InChI is InChI=1S/C17H23N5O3/c1-21-14-13(15(23)20-17(21)24)22(11-12-7-4-3-5-8-12)16(19-14)18-9-6-10-25-2/h3-5,7-8,13-14H,6,9-11H2,1-2H3,(H,18,19)(H,20,23,24). The van der Waals surface area contributed by atoms with E-state index in [-0.39, 0.29) is 5.91 Å². The van der Waals surface area contributed by atoms with E-state index in [9.17, 15) is 9.59 Å². The Bertz CT molecular complexity index is 664. The third-order valence-electron chi connectivity index (χ3n) is 4.38. The van der Waals surface area contributed by atoms with Gasteiger partial charge in [0.15, 0.2) is 12.0 Å². The van der Waals surface area contributed by atoms with Crippen molar-refractivity contribution in [3.63, 3.8) is 0 Å². The molecule has 8 heteroatoms. The van der Waals surface area contributed by atoms with Crippen LogP contribution in [0.3, 0.4) is 0 Å². The van der Waals surface area contributed by atoms with Crippen molar-refractivity contribution in [2.24, 2.45) is 4.99 Å². The van der Waals surface area contributed by atoms with Crippen molar-refractivity contribution in [3.05, 3.63) is 35.9 Å². The highest BCUT2D eigenvalue weighted by Crippen LogP contribution is 2.22. The summed E-state index contributed by atoms with van der Waals surface area (Å²) in [5.41, 5.74) is 1.07. The molecule has 3 rings (SSSR count). The number of urea groups is 1. The molecule has 0 aromatic heterocycles. The molecule has 2 heterocycles. The summed E-state index contributed by atoms with van der Waals surface area (Å²) in [6, 6.07) is 8.97. The maximum Gasteiger partial charge on any atom is 0.325 e. The summed E-state index contributed by atoms with van der Waals surface area (Å²) in [4.78, 5) is 32.3. The van der Waals surface area contributed by atoms with Crippen molar-refractivity contribution in [1.82, 2.24) is 20.4 Å². The fraction of sp³-hybridized carbons (Fsp3) is 0.471. The molecule has 0 aliphatic carbocycles. The highest BCUT2D eigenvalue weighted by atomic mass is 16.5. The first-order chi connectivity index (χ1) is 12.1. The first kappa shape index (κ1) is 17.2. The lowest BCUT2D eigenvalue weighted by Gasteiger charge is -2.35. The van der Waals surface area contributed by atoms with Crippen molar-refractivity contribution in [2.75, 3.05) is 27.3 Å². The van der Waals surface area contributed by atoms with Crippen LogP contribution in [0.15, 0.2) is 35.3 Å². The molecular formula is C17H23N5O3. The zero-order valence-electron chi connectivity index (χ0n) is 14.4. The number of fused-ring (bicyclic) bond motifs is 1. The van der Waals surface area contributed by atoms with Crippen LogP contribution < -0.4 is 10.6 Å². The fourth-order valence-corrected chi connectivity index (χ4v) is 3.07. The van der Waals surface area contributed by atoms with Gasteiger partial charge >= 0.3 is 6.03 Å². The number of aliphatic imine (C=N–C) groups is 1. The van der Waals surface area contributed by atoms with Gasteiger partial charge in [-0.1, -0.05) is 30.3 Å². The molecule has 8 nitrogen and oxygen atoms in total. The van der Waals surface area contributed by atoms with Crippen LogP contribution in [0.5, 0.6) is 0 Å². The van der Waals surface area contributed by atoms with Gasteiger partial charge in [0.2, 0.25) is 0 Å². The van der Waals surface area contributed by atoms with Gasteiger partial charge in [0, 0.05) is 33.9 Å². The number of methoxy groups -OCH3 is 1. The quantitative estimate of drug-likeness (QED) is 0.727. The summed E-state index contributed by atoms with van der Waals surface area (Å²) in [7, 11) is 3.32. The zero-order valence-corrected chi connectivity index (χ0v) is 14.4. The molecule has 2 saturated heterocycles. The molecule has 1 aromatic carbocycles. The molecule has 0 bridgehead atoms. The number of amides is 3. The molecule has 0 saturated carbocycles. The minimum Gasteiger partial charge on any atom is -0.385 e. The smallest absolute Gasteiger partial charge is 0.325 e. The summed E-state index contributed by atoms with van der Waals surface area (Å²) >= 11 is 0. The average molecular weight is 345 g/mol. The molecule has 3 amide bonds. The lowest BCUT2D eigenvalue weighted by atomic mass is 10.1. The number of benzene rings is 1. The Hall–Kier alpha value is -2.61. The lowest BCUT2D eigenvalue weighted by Crippen LogP contribution is -2.64. The van der Waals surface area contributed by atoms with Crippen LogP contribution in [0, 0.1) is 0 Å². The zero-order chi connectivity index (χ0) is 17.8. The number of hydrogen-bond acceptors (Lipinski definition) is 4. The number of carbonyl (C=O) groups excluding carboxylic acids is 2. The van der Waals surface area contributed by atoms with Gasteiger partial charge in [0.05, 0.1) is 0 Å². The van der Waals surface area contributed by atoms with Crippen molar-refractivity contribution in [1.29, 1.82) is 0 Å². The summed E-state index contributed by atoms with van der Waals surface area (Å²) in [6.45, 7) is 1.74. The van der Waals surface area contributed by atoms with Crippen molar-refractivity contribution >= 4 is 17.9 Å². The topological polar surface area (TPSA) is 86.3 Å². The highest BCUT2D eigenvalue weighted by Gasteiger charge is 2.49. The normalized spacial score (nSPS) is 24.3. The number of likely N-dealkylation sites (N-methyl/N-ethyl adjacent to an activating group) is 1. The Labute approximate surface area is 146 Å². The van der Waals surface area contributed by atoms with Gasteiger partial charge in [-0.2, -0.15) is 0 Å².